The second kappa shape index (κ2) is 12.8. The number of anilines is 1. The fourth-order valence-electron chi connectivity index (χ4n) is 3.54. The van der Waals surface area contributed by atoms with Crippen LogP contribution in [0.1, 0.15) is 32.8 Å². The Hall–Kier alpha value is -2.58. The zero-order chi connectivity index (χ0) is 25.3. The summed E-state index contributed by atoms with van der Waals surface area (Å²) >= 11 is 5.95. The monoisotopic (exact) mass is 507 g/mol. The maximum Gasteiger partial charge on any atom is 0.244 e. The Morgan fingerprint density at radius 3 is 2.18 bits per heavy atom. The molecule has 0 fully saturated rings. The summed E-state index contributed by atoms with van der Waals surface area (Å²) in [6.45, 7) is 6.20. The van der Waals surface area contributed by atoms with Crippen molar-refractivity contribution >= 4 is 39.1 Å². The lowest BCUT2D eigenvalue weighted by atomic mass is 10.1. The van der Waals surface area contributed by atoms with Crippen LogP contribution in [-0.2, 0) is 26.0 Å². The average molecular weight is 508 g/mol. The van der Waals surface area contributed by atoms with Crippen molar-refractivity contribution in [3.63, 3.8) is 0 Å². The van der Waals surface area contributed by atoms with Crippen LogP contribution in [0.4, 0.5) is 5.69 Å². The van der Waals surface area contributed by atoms with E-state index in [0.717, 1.165) is 16.1 Å². The molecule has 1 atom stereocenters. The molecule has 1 unspecified atom stereocenters. The van der Waals surface area contributed by atoms with Gasteiger partial charge in [-0.15, -0.1) is 0 Å². The van der Waals surface area contributed by atoms with Crippen LogP contribution in [0.2, 0.25) is 5.02 Å². The number of carbonyl (C=O) groups is 2. The highest BCUT2D eigenvalue weighted by molar-refractivity contribution is 7.92. The summed E-state index contributed by atoms with van der Waals surface area (Å²) in [6, 6.07) is 15.2. The van der Waals surface area contributed by atoms with Crippen molar-refractivity contribution < 1.29 is 18.0 Å². The summed E-state index contributed by atoms with van der Waals surface area (Å²) in [4.78, 5) is 28.0. The molecule has 0 saturated heterocycles. The van der Waals surface area contributed by atoms with E-state index >= 15 is 0 Å². The maximum absolute atomic E-state index is 13.5. The van der Waals surface area contributed by atoms with Gasteiger partial charge in [-0.1, -0.05) is 62.7 Å². The molecule has 2 rings (SSSR count). The number of benzene rings is 2. The molecule has 1 N–H and O–H groups in total. The first-order valence-electron chi connectivity index (χ1n) is 11.4. The molecule has 2 aromatic carbocycles. The molecule has 0 bridgehead atoms. The van der Waals surface area contributed by atoms with Crippen LogP contribution >= 0.6 is 11.6 Å². The van der Waals surface area contributed by atoms with Crippen LogP contribution in [-0.4, -0.2) is 57.1 Å². The van der Waals surface area contributed by atoms with Crippen molar-refractivity contribution in [1.29, 1.82) is 0 Å². The molecule has 2 aromatic rings. The third kappa shape index (κ3) is 8.33. The number of amides is 2. The predicted octanol–water partition coefficient (Wildman–Crippen LogP) is 3.73. The fraction of sp³-hybridized carbons (Fsp3) is 0.440. The topological polar surface area (TPSA) is 86.8 Å². The van der Waals surface area contributed by atoms with Gasteiger partial charge in [0.1, 0.15) is 12.6 Å². The lowest BCUT2D eigenvalue weighted by Gasteiger charge is -2.33. The van der Waals surface area contributed by atoms with Crippen LogP contribution in [0.15, 0.2) is 54.6 Å². The van der Waals surface area contributed by atoms with Gasteiger partial charge in [-0.2, -0.15) is 0 Å². The minimum absolute atomic E-state index is 0.241. The Bertz CT molecular complexity index is 1040. The van der Waals surface area contributed by atoms with E-state index in [1.807, 2.05) is 51.1 Å². The highest BCUT2D eigenvalue weighted by atomic mass is 35.5. The average Bonchev–Trinajstić information content (AvgIpc) is 2.79. The number of rotatable bonds is 12. The maximum atomic E-state index is 13.5. The van der Waals surface area contributed by atoms with Crippen LogP contribution in [0.25, 0.3) is 0 Å². The van der Waals surface area contributed by atoms with Gasteiger partial charge in [-0.05, 0) is 48.6 Å². The molecule has 34 heavy (non-hydrogen) atoms. The van der Waals surface area contributed by atoms with Crippen LogP contribution < -0.4 is 9.62 Å². The summed E-state index contributed by atoms with van der Waals surface area (Å²) in [6.07, 6.45) is 2.00. The molecule has 0 heterocycles. The quantitative estimate of drug-likeness (QED) is 0.474. The first kappa shape index (κ1) is 27.7. The molecule has 0 saturated carbocycles. The molecule has 0 radical (unpaired) electrons. The molecule has 0 aromatic heterocycles. The van der Waals surface area contributed by atoms with E-state index in [1.54, 1.807) is 24.3 Å². The van der Waals surface area contributed by atoms with E-state index in [4.69, 9.17) is 11.6 Å². The van der Waals surface area contributed by atoms with Gasteiger partial charge >= 0.3 is 0 Å². The Labute approximate surface area is 208 Å². The van der Waals surface area contributed by atoms with Gasteiger partial charge in [0.2, 0.25) is 21.8 Å². The molecule has 9 heteroatoms. The highest BCUT2D eigenvalue weighted by Gasteiger charge is 2.31. The van der Waals surface area contributed by atoms with Crippen molar-refractivity contribution in [2.75, 3.05) is 30.2 Å². The lowest BCUT2D eigenvalue weighted by molar-refractivity contribution is -0.139. The van der Waals surface area contributed by atoms with Crippen LogP contribution in [0, 0.1) is 5.92 Å². The number of nitrogens with zero attached hydrogens (tertiary/aromatic N) is 2. The van der Waals surface area contributed by atoms with Crippen LogP contribution in [0.3, 0.4) is 0 Å². The van der Waals surface area contributed by atoms with E-state index in [2.05, 4.69) is 5.32 Å². The smallest absolute Gasteiger partial charge is 0.244 e. The van der Waals surface area contributed by atoms with Gasteiger partial charge in [0.05, 0.1) is 11.9 Å². The second-order valence-corrected chi connectivity index (χ2v) is 11.0. The van der Waals surface area contributed by atoms with E-state index < -0.39 is 28.5 Å². The minimum Gasteiger partial charge on any atom is -0.354 e. The summed E-state index contributed by atoms with van der Waals surface area (Å²) in [5.41, 5.74) is 1.36. The molecule has 2 amide bonds. The van der Waals surface area contributed by atoms with Crippen molar-refractivity contribution in [2.45, 2.75) is 39.7 Å². The molecule has 0 spiro atoms. The fourth-order valence-corrected chi connectivity index (χ4v) is 4.52. The second-order valence-electron chi connectivity index (χ2n) is 8.63. The van der Waals surface area contributed by atoms with Gasteiger partial charge < -0.3 is 10.2 Å². The van der Waals surface area contributed by atoms with E-state index in [-0.39, 0.29) is 18.4 Å². The standard InChI is InChI=1S/C25H34ClN3O4S/c1-5-23(25(31)27-17-19(2)3)28(16-15-20-9-7-6-8-10-20)24(30)18-29(34(4,32)33)22-13-11-21(26)12-14-22/h6-14,19,23H,5,15-18H2,1-4H3,(H,27,31). The van der Waals surface area contributed by atoms with Gasteiger partial charge in [0, 0.05) is 18.1 Å². The van der Waals surface area contributed by atoms with Crippen molar-refractivity contribution in [1.82, 2.24) is 10.2 Å². The lowest BCUT2D eigenvalue weighted by Crippen LogP contribution is -2.53. The minimum atomic E-state index is -3.76. The SMILES string of the molecule is CCC(C(=O)NCC(C)C)N(CCc1ccccc1)C(=O)CN(c1ccc(Cl)cc1)S(C)(=O)=O. The normalized spacial score (nSPS) is 12.3. The first-order chi connectivity index (χ1) is 16.0. The van der Waals surface area contributed by atoms with Crippen molar-refractivity contribution in [2.24, 2.45) is 5.92 Å². The molecular formula is C25H34ClN3O4S. The summed E-state index contributed by atoms with van der Waals surface area (Å²) < 4.78 is 26.1. The Morgan fingerprint density at radius 2 is 1.65 bits per heavy atom. The molecule has 186 valence electrons. The van der Waals surface area contributed by atoms with Gasteiger partial charge in [-0.25, -0.2) is 8.42 Å². The first-order valence-corrected chi connectivity index (χ1v) is 13.6. The number of halogens is 1. The number of carbonyl (C=O) groups excluding carboxylic acids is 2. The van der Waals surface area contributed by atoms with Gasteiger partial charge in [-0.3, -0.25) is 13.9 Å². The highest BCUT2D eigenvalue weighted by Crippen LogP contribution is 2.21. The van der Waals surface area contributed by atoms with Crippen molar-refractivity contribution in [3.8, 4) is 0 Å². The molecule has 0 aliphatic heterocycles. The zero-order valence-electron chi connectivity index (χ0n) is 20.2. The van der Waals surface area contributed by atoms with E-state index in [9.17, 15) is 18.0 Å². The summed E-state index contributed by atoms with van der Waals surface area (Å²) in [5, 5.41) is 3.37. The number of hydrogen-bond acceptors (Lipinski definition) is 4. The zero-order valence-corrected chi connectivity index (χ0v) is 21.8. The third-order valence-corrected chi connectivity index (χ3v) is 6.74. The Balaban J connectivity index is 2.32. The largest absolute Gasteiger partial charge is 0.354 e. The molecule has 7 nitrogen and oxygen atoms in total. The molecule has 0 aliphatic rings. The van der Waals surface area contributed by atoms with Gasteiger partial charge in [0.25, 0.3) is 0 Å². The molecular weight excluding hydrogens is 474 g/mol. The predicted molar refractivity (Wildman–Crippen MR) is 137 cm³/mol. The number of hydrogen-bond donors (Lipinski definition) is 1. The van der Waals surface area contributed by atoms with E-state index in [0.29, 0.717) is 30.1 Å². The third-order valence-electron chi connectivity index (χ3n) is 5.35. The summed E-state index contributed by atoms with van der Waals surface area (Å²) in [5.74, 6) is -0.418. The summed E-state index contributed by atoms with van der Waals surface area (Å²) in [7, 11) is -3.76. The number of sulfonamides is 1. The van der Waals surface area contributed by atoms with E-state index in [1.165, 1.54) is 4.90 Å². The Kier molecular flexibility index (Phi) is 10.4. The van der Waals surface area contributed by atoms with Crippen molar-refractivity contribution in [3.05, 3.63) is 65.2 Å². The number of nitrogens with one attached hydrogen (secondary N) is 1. The Morgan fingerprint density at radius 1 is 1.03 bits per heavy atom. The molecule has 0 aliphatic carbocycles. The van der Waals surface area contributed by atoms with Gasteiger partial charge in [0.15, 0.2) is 0 Å². The van der Waals surface area contributed by atoms with Crippen LogP contribution in [0.5, 0.6) is 0 Å².